The minimum absolute atomic E-state index is 0.445. The molecule has 8 heteroatoms. The second-order valence-electron chi connectivity index (χ2n) is 7.38. The maximum Gasteiger partial charge on any atom is 0.191 e. The number of guanidine groups is 1. The first-order chi connectivity index (χ1) is 15.7. The van der Waals surface area contributed by atoms with Crippen LogP contribution in [0.5, 0.6) is 5.75 Å². The minimum atomic E-state index is 0.445. The van der Waals surface area contributed by atoms with E-state index in [1.54, 1.807) is 7.11 Å². The molecule has 32 heavy (non-hydrogen) atoms. The summed E-state index contributed by atoms with van der Waals surface area (Å²) in [7, 11) is 3.62. The zero-order chi connectivity index (χ0) is 22.6. The Kier molecular flexibility index (Phi) is 9.06. The lowest BCUT2D eigenvalue weighted by Crippen LogP contribution is -2.40. The Morgan fingerprint density at radius 3 is 2.41 bits per heavy atom. The number of nitrogens with zero attached hydrogens (tertiary/aromatic N) is 4. The maximum absolute atomic E-state index is 5.77. The molecule has 0 unspecified atom stereocenters. The fourth-order valence-electron chi connectivity index (χ4n) is 3.04. The van der Waals surface area contributed by atoms with Crippen LogP contribution in [0, 0.1) is 6.92 Å². The van der Waals surface area contributed by atoms with Gasteiger partial charge in [0.05, 0.1) is 20.3 Å². The Bertz CT molecular complexity index is 970. The first kappa shape index (κ1) is 23.3. The number of aliphatic imine (C=N–C) groups is 1. The number of hydrogen-bond acceptors (Lipinski definition) is 5. The number of hydrogen-bond donors (Lipinski definition) is 2. The van der Waals surface area contributed by atoms with Crippen LogP contribution in [0.25, 0.3) is 0 Å². The van der Waals surface area contributed by atoms with Crippen molar-refractivity contribution in [3.63, 3.8) is 0 Å². The topological polar surface area (TPSA) is 85.6 Å². The first-order valence-corrected chi connectivity index (χ1v) is 10.8. The van der Waals surface area contributed by atoms with E-state index in [-0.39, 0.29) is 0 Å². The highest BCUT2D eigenvalue weighted by Gasteiger charge is 2.05. The van der Waals surface area contributed by atoms with Crippen LogP contribution < -0.4 is 15.4 Å². The molecular formula is C24H32N6O2. The van der Waals surface area contributed by atoms with Gasteiger partial charge in [0.25, 0.3) is 0 Å². The summed E-state index contributed by atoms with van der Waals surface area (Å²) in [6.45, 7) is 4.95. The molecule has 3 rings (SSSR count). The Morgan fingerprint density at radius 2 is 1.72 bits per heavy atom. The molecule has 0 amide bonds. The lowest BCUT2D eigenvalue weighted by atomic mass is 10.1. The molecule has 0 radical (unpaired) electrons. The highest BCUT2D eigenvalue weighted by Crippen LogP contribution is 2.11. The van der Waals surface area contributed by atoms with Crippen LogP contribution in [0.15, 0.2) is 59.6 Å². The zero-order valence-electron chi connectivity index (χ0n) is 19.0. The molecule has 1 aromatic heterocycles. The Morgan fingerprint density at radius 1 is 0.969 bits per heavy atom. The van der Waals surface area contributed by atoms with Crippen molar-refractivity contribution in [1.29, 1.82) is 0 Å². The van der Waals surface area contributed by atoms with Gasteiger partial charge in [-0.15, -0.1) is 10.2 Å². The van der Waals surface area contributed by atoms with Crippen LogP contribution in [-0.2, 0) is 31.4 Å². The normalized spacial score (nSPS) is 11.4. The lowest BCUT2D eigenvalue weighted by Gasteiger charge is -2.13. The SMILES string of the molecule is COc1ccc(CCNC(=NCc2nnc(C)n2C)NCCOCc2ccccc2)cc1. The van der Waals surface area contributed by atoms with E-state index in [4.69, 9.17) is 9.47 Å². The van der Waals surface area contributed by atoms with Crippen molar-refractivity contribution in [3.05, 3.63) is 77.4 Å². The molecule has 3 aromatic rings. The summed E-state index contributed by atoms with van der Waals surface area (Å²) in [6.07, 6.45) is 0.873. The second-order valence-corrected chi connectivity index (χ2v) is 7.38. The summed E-state index contributed by atoms with van der Waals surface area (Å²) in [5, 5.41) is 15.0. The van der Waals surface area contributed by atoms with Gasteiger partial charge in [-0.05, 0) is 36.6 Å². The Labute approximate surface area is 189 Å². The summed E-state index contributed by atoms with van der Waals surface area (Å²) in [5.41, 5.74) is 2.39. The molecule has 0 saturated carbocycles. The lowest BCUT2D eigenvalue weighted by molar-refractivity contribution is 0.125. The monoisotopic (exact) mass is 436 g/mol. The highest BCUT2D eigenvalue weighted by atomic mass is 16.5. The van der Waals surface area contributed by atoms with Crippen molar-refractivity contribution < 1.29 is 9.47 Å². The molecule has 8 nitrogen and oxygen atoms in total. The molecule has 170 valence electrons. The predicted molar refractivity (Wildman–Crippen MR) is 126 cm³/mol. The van der Waals surface area contributed by atoms with E-state index in [0.717, 1.165) is 41.9 Å². The molecule has 0 aliphatic carbocycles. The van der Waals surface area contributed by atoms with Crippen LogP contribution >= 0.6 is 0 Å². The van der Waals surface area contributed by atoms with Crippen molar-refractivity contribution >= 4 is 5.96 Å². The van der Waals surface area contributed by atoms with Crippen LogP contribution in [-0.4, -0.2) is 47.5 Å². The summed E-state index contributed by atoms with van der Waals surface area (Å²) >= 11 is 0. The molecule has 0 bridgehead atoms. The van der Waals surface area contributed by atoms with Crippen LogP contribution in [0.4, 0.5) is 0 Å². The molecule has 0 spiro atoms. The largest absolute Gasteiger partial charge is 0.497 e. The second kappa shape index (κ2) is 12.5. The quantitative estimate of drug-likeness (QED) is 0.273. The standard InChI is InChI=1S/C24H32N6O2/c1-19-28-29-23(30(19)2)17-27-24(25-14-13-20-9-11-22(31-3)12-10-20)26-15-16-32-18-21-7-5-4-6-8-21/h4-12H,13-18H2,1-3H3,(H2,25,26,27). The maximum atomic E-state index is 5.77. The fraction of sp³-hybridized carbons (Fsp3) is 0.375. The van der Waals surface area contributed by atoms with Crippen LogP contribution in [0.2, 0.25) is 0 Å². The van der Waals surface area contributed by atoms with Gasteiger partial charge in [0.1, 0.15) is 18.1 Å². The van der Waals surface area contributed by atoms with Crippen molar-refractivity contribution in [3.8, 4) is 5.75 Å². The smallest absolute Gasteiger partial charge is 0.191 e. The van der Waals surface area contributed by atoms with E-state index in [0.29, 0.717) is 26.3 Å². The van der Waals surface area contributed by atoms with Gasteiger partial charge in [0.2, 0.25) is 0 Å². The molecule has 0 atom stereocenters. The average molecular weight is 437 g/mol. The number of aryl methyl sites for hydroxylation is 1. The van der Waals surface area contributed by atoms with Gasteiger partial charge in [-0.1, -0.05) is 42.5 Å². The van der Waals surface area contributed by atoms with Crippen molar-refractivity contribution in [1.82, 2.24) is 25.4 Å². The van der Waals surface area contributed by atoms with Crippen molar-refractivity contribution in [2.45, 2.75) is 26.5 Å². The van der Waals surface area contributed by atoms with Gasteiger partial charge in [-0.25, -0.2) is 4.99 Å². The van der Waals surface area contributed by atoms with E-state index >= 15 is 0 Å². The molecule has 0 fully saturated rings. The first-order valence-electron chi connectivity index (χ1n) is 10.8. The van der Waals surface area contributed by atoms with Gasteiger partial charge in [0.15, 0.2) is 11.8 Å². The third-order valence-corrected chi connectivity index (χ3v) is 5.08. The van der Waals surface area contributed by atoms with Crippen LogP contribution in [0.1, 0.15) is 22.8 Å². The molecule has 0 saturated heterocycles. The summed E-state index contributed by atoms with van der Waals surface area (Å²) in [4.78, 5) is 4.68. The van der Waals surface area contributed by atoms with E-state index in [1.807, 2.05) is 48.9 Å². The number of rotatable bonds is 11. The fourth-order valence-corrected chi connectivity index (χ4v) is 3.04. The number of ether oxygens (including phenoxy) is 2. The molecule has 0 aliphatic heterocycles. The summed E-state index contributed by atoms with van der Waals surface area (Å²) in [5.74, 6) is 3.27. The zero-order valence-corrected chi connectivity index (χ0v) is 19.0. The number of methoxy groups -OCH3 is 1. The van der Waals surface area contributed by atoms with Gasteiger partial charge in [0, 0.05) is 20.1 Å². The third-order valence-electron chi connectivity index (χ3n) is 5.08. The number of nitrogens with one attached hydrogen (secondary N) is 2. The summed E-state index contributed by atoms with van der Waals surface area (Å²) in [6, 6.07) is 18.3. The Hall–Kier alpha value is -3.39. The third kappa shape index (κ3) is 7.39. The van der Waals surface area contributed by atoms with Gasteiger partial charge >= 0.3 is 0 Å². The van der Waals surface area contributed by atoms with E-state index in [1.165, 1.54) is 5.56 Å². The molecular weight excluding hydrogens is 404 g/mol. The van der Waals surface area contributed by atoms with Gasteiger partial charge < -0.3 is 24.7 Å². The predicted octanol–water partition coefficient (Wildman–Crippen LogP) is 2.63. The molecule has 0 aliphatic rings. The average Bonchev–Trinajstić information content (AvgIpc) is 3.15. The van der Waals surface area contributed by atoms with Gasteiger partial charge in [-0.2, -0.15) is 0 Å². The highest BCUT2D eigenvalue weighted by molar-refractivity contribution is 5.79. The van der Waals surface area contributed by atoms with Gasteiger partial charge in [-0.3, -0.25) is 0 Å². The number of benzene rings is 2. The van der Waals surface area contributed by atoms with Crippen molar-refractivity contribution in [2.24, 2.45) is 12.0 Å². The minimum Gasteiger partial charge on any atom is -0.497 e. The van der Waals surface area contributed by atoms with Crippen molar-refractivity contribution in [2.75, 3.05) is 26.8 Å². The van der Waals surface area contributed by atoms with E-state index < -0.39 is 0 Å². The molecule has 2 aromatic carbocycles. The molecule has 2 N–H and O–H groups in total. The van der Waals surface area contributed by atoms with E-state index in [9.17, 15) is 0 Å². The number of aromatic nitrogens is 3. The Balaban J connectivity index is 1.49. The van der Waals surface area contributed by atoms with Crippen LogP contribution in [0.3, 0.4) is 0 Å². The summed E-state index contributed by atoms with van der Waals surface area (Å²) < 4.78 is 12.9. The van der Waals surface area contributed by atoms with E-state index in [2.05, 4.69) is 50.1 Å². The molecule has 1 heterocycles.